The van der Waals surface area contributed by atoms with Gasteiger partial charge in [0.05, 0.1) is 36.1 Å². The Kier molecular flexibility index (Phi) is 8.21. The van der Waals surface area contributed by atoms with Gasteiger partial charge in [-0.05, 0) is 43.7 Å². The van der Waals surface area contributed by atoms with Crippen molar-refractivity contribution in [3.05, 3.63) is 46.6 Å². The maximum Gasteiger partial charge on any atom is 0.417 e. The molecule has 1 saturated heterocycles. The molecule has 2 heterocycles. The van der Waals surface area contributed by atoms with Crippen molar-refractivity contribution in [2.45, 2.75) is 32.2 Å². The summed E-state index contributed by atoms with van der Waals surface area (Å²) in [6, 6.07) is 5.70. The summed E-state index contributed by atoms with van der Waals surface area (Å²) in [6.07, 6.45) is -2.55. The number of methoxy groups -OCH3 is 1. The first kappa shape index (κ1) is 25.6. The van der Waals surface area contributed by atoms with Gasteiger partial charge in [0.15, 0.2) is 23.9 Å². The number of amides is 1. The third-order valence-electron chi connectivity index (χ3n) is 4.86. The SMILES string of the molecule is COc1cc(C=NNc2ncc(C(F)(F)F)cc2Cl)ccc1OCC(=O)N1CC(C)OC(C)C1. The molecule has 2 unspecified atom stereocenters. The molecule has 1 aliphatic rings. The summed E-state index contributed by atoms with van der Waals surface area (Å²) in [5, 5.41) is 3.73. The molecule has 34 heavy (non-hydrogen) atoms. The number of nitrogens with zero attached hydrogens (tertiary/aromatic N) is 3. The third-order valence-corrected chi connectivity index (χ3v) is 5.15. The van der Waals surface area contributed by atoms with E-state index in [2.05, 4.69) is 15.5 Å². The number of nitrogens with one attached hydrogen (secondary N) is 1. The number of morpholine rings is 1. The molecule has 8 nitrogen and oxygen atoms in total. The largest absolute Gasteiger partial charge is 0.493 e. The fraction of sp³-hybridized carbons (Fsp3) is 0.409. The highest BCUT2D eigenvalue weighted by atomic mass is 35.5. The van der Waals surface area contributed by atoms with Gasteiger partial charge >= 0.3 is 6.18 Å². The van der Waals surface area contributed by atoms with Gasteiger partial charge in [-0.1, -0.05) is 11.6 Å². The molecule has 1 amide bonds. The molecule has 2 atom stereocenters. The molecule has 12 heteroatoms. The molecule has 0 spiro atoms. The van der Waals surface area contributed by atoms with Crippen molar-refractivity contribution in [3.63, 3.8) is 0 Å². The molecule has 0 aliphatic carbocycles. The van der Waals surface area contributed by atoms with Gasteiger partial charge in [-0.3, -0.25) is 10.2 Å². The van der Waals surface area contributed by atoms with Crippen molar-refractivity contribution >= 4 is 29.5 Å². The fourth-order valence-corrected chi connectivity index (χ4v) is 3.55. The third kappa shape index (κ3) is 6.73. The number of anilines is 1. The van der Waals surface area contributed by atoms with Crippen LogP contribution in [-0.4, -0.2) is 61.0 Å². The van der Waals surface area contributed by atoms with Crippen molar-refractivity contribution < 1.29 is 32.2 Å². The van der Waals surface area contributed by atoms with Crippen LogP contribution in [-0.2, 0) is 15.7 Å². The average molecular weight is 501 g/mol. The zero-order valence-electron chi connectivity index (χ0n) is 18.7. The normalized spacial score (nSPS) is 18.7. The Hall–Kier alpha value is -3.05. The van der Waals surface area contributed by atoms with E-state index >= 15 is 0 Å². The molecule has 3 rings (SSSR count). The van der Waals surface area contributed by atoms with E-state index in [1.165, 1.54) is 13.3 Å². The topological polar surface area (TPSA) is 85.3 Å². The van der Waals surface area contributed by atoms with E-state index in [-0.39, 0.29) is 35.6 Å². The first-order valence-corrected chi connectivity index (χ1v) is 10.7. The number of halogens is 4. The van der Waals surface area contributed by atoms with Crippen LogP contribution in [0.2, 0.25) is 5.02 Å². The molecule has 1 aromatic carbocycles. The molecule has 1 aromatic heterocycles. The van der Waals surface area contributed by atoms with Crippen molar-refractivity contribution in [2.24, 2.45) is 5.10 Å². The number of hydrogen-bond donors (Lipinski definition) is 1. The number of aromatic nitrogens is 1. The van der Waals surface area contributed by atoms with Crippen LogP contribution in [0.25, 0.3) is 0 Å². The van der Waals surface area contributed by atoms with E-state index in [0.29, 0.717) is 36.3 Å². The van der Waals surface area contributed by atoms with E-state index in [9.17, 15) is 18.0 Å². The van der Waals surface area contributed by atoms with Crippen LogP contribution >= 0.6 is 11.6 Å². The number of ether oxygens (including phenoxy) is 3. The minimum Gasteiger partial charge on any atom is -0.493 e. The molecule has 2 aromatic rings. The van der Waals surface area contributed by atoms with Crippen LogP contribution in [0.4, 0.5) is 19.0 Å². The molecule has 184 valence electrons. The summed E-state index contributed by atoms with van der Waals surface area (Å²) in [4.78, 5) is 17.9. The summed E-state index contributed by atoms with van der Waals surface area (Å²) in [7, 11) is 1.46. The maximum absolute atomic E-state index is 12.7. The van der Waals surface area contributed by atoms with Gasteiger partial charge in [-0.2, -0.15) is 18.3 Å². The molecule has 0 radical (unpaired) electrons. The summed E-state index contributed by atoms with van der Waals surface area (Å²) >= 11 is 5.84. The molecular weight excluding hydrogens is 477 g/mol. The maximum atomic E-state index is 12.7. The summed E-state index contributed by atoms with van der Waals surface area (Å²) in [5.74, 6) is 0.580. The average Bonchev–Trinajstić information content (AvgIpc) is 2.77. The number of alkyl halides is 3. The quantitative estimate of drug-likeness (QED) is 0.452. The molecule has 1 aliphatic heterocycles. The lowest BCUT2D eigenvalue weighted by atomic mass is 10.2. The molecule has 1 fully saturated rings. The second-order valence-corrected chi connectivity index (χ2v) is 8.08. The number of hydrazone groups is 1. The Morgan fingerprint density at radius 3 is 2.62 bits per heavy atom. The fourth-order valence-electron chi connectivity index (χ4n) is 3.34. The van der Waals surface area contributed by atoms with Gasteiger partial charge < -0.3 is 19.1 Å². The van der Waals surface area contributed by atoms with Gasteiger partial charge in [-0.15, -0.1) is 0 Å². The smallest absolute Gasteiger partial charge is 0.417 e. The first-order chi connectivity index (χ1) is 16.1. The second kappa shape index (κ2) is 10.9. The number of carbonyl (C=O) groups excluding carboxylic acids is 1. The van der Waals surface area contributed by atoms with Crippen LogP contribution in [0.15, 0.2) is 35.6 Å². The first-order valence-electron chi connectivity index (χ1n) is 10.3. The van der Waals surface area contributed by atoms with Crippen LogP contribution < -0.4 is 14.9 Å². The standard InChI is InChI=1S/C22H24ClF3N4O4/c1-13-10-30(11-14(2)34-13)20(31)12-33-18-5-4-15(6-19(18)32-3)8-28-29-21-17(23)7-16(9-27-21)22(24,25)26/h4-9,13-14H,10-12H2,1-3H3,(H,27,29). The van der Waals surface area contributed by atoms with E-state index in [1.807, 2.05) is 13.8 Å². The summed E-state index contributed by atoms with van der Waals surface area (Å²) < 4.78 is 54.7. The highest BCUT2D eigenvalue weighted by Gasteiger charge is 2.31. The van der Waals surface area contributed by atoms with E-state index in [4.69, 9.17) is 25.8 Å². The van der Waals surface area contributed by atoms with Crippen LogP contribution in [0, 0.1) is 0 Å². The summed E-state index contributed by atoms with van der Waals surface area (Å²) in [5.41, 5.74) is 2.15. The van der Waals surface area contributed by atoms with Crippen molar-refractivity contribution in [1.29, 1.82) is 0 Å². The number of benzene rings is 1. The van der Waals surface area contributed by atoms with Gasteiger partial charge in [0.25, 0.3) is 5.91 Å². The van der Waals surface area contributed by atoms with E-state index in [0.717, 1.165) is 6.07 Å². The monoisotopic (exact) mass is 500 g/mol. The number of pyridine rings is 1. The molecular formula is C22H24ClF3N4O4. The van der Waals surface area contributed by atoms with Crippen LogP contribution in [0.1, 0.15) is 25.0 Å². The Morgan fingerprint density at radius 1 is 1.29 bits per heavy atom. The van der Waals surface area contributed by atoms with Crippen LogP contribution in [0.3, 0.4) is 0 Å². The van der Waals surface area contributed by atoms with Gasteiger partial charge in [0, 0.05) is 19.3 Å². The predicted molar refractivity (Wildman–Crippen MR) is 121 cm³/mol. The van der Waals surface area contributed by atoms with Gasteiger partial charge in [0.2, 0.25) is 0 Å². The number of rotatable bonds is 7. The second-order valence-electron chi connectivity index (χ2n) is 7.68. The van der Waals surface area contributed by atoms with E-state index in [1.54, 1.807) is 23.1 Å². The Labute approximate surface area is 199 Å². The Morgan fingerprint density at radius 2 is 2.00 bits per heavy atom. The predicted octanol–water partition coefficient (Wildman–Crippen LogP) is 4.22. The van der Waals surface area contributed by atoms with Crippen molar-refractivity contribution in [2.75, 3.05) is 32.2 Å². The summed E-state index contributed by atoms with van der Waals surface area (Å²) in [6.45, 7) is 4.68. The highest BCUT2D eigenvalue weighted by Crippen LogP contribution is 2.32. The van der Waals surface area contributed by atoms with Crippen molar-refractivity contribution in [1.82, 2.24) is 9.88 Å². The lowest BCUT2D eigenvalue weighted by Gasteiger charge is -2.35. The molecule has 1 N–H and O–H groups in total. The molecule has 0 bridgehead atoms. The minimum atomic E-state index is -4.54. The number of hydrogen-bond acceptors (Lipinski definition) is 7. The Bertz CT molecular complexity index is 1040. The van der Waals surface area contributed by atoms with Gasteiger partial charge in [0.1, 0.15) is 0 Å². The minimum absolute atomic E-state index is 0.0249. The van der Waals surface area contributed by atoms with Crippen molar-refractivity contribution in [3.8, 4) is 11.5 Å². The lowest BCUT2D eigenvalue weighted by molar-refractivity contribution is -0.145. The highest BCUT2D eigenvalue weighted by molar-refractivity contribution is 6.32. The zero-order chi connectivity index (χ0) is 24.9. The van der Waals surface area contributed by atoms with E-state index < -0.39 is 11.7 Å². The van der Waals surface area contributed by atoms with Crippen LogP contribution in [0.5, 0.6) is 11.5 Å². The Balaban J connectivity index is 1.60. The number of carbonyl (C=O) groups is 1. The van der Waals surface area contributed by atoms with Gasteiger partial charge in [-0.25, -0.2) is 4.98 Å². The lowest BCUT2D eigenvalue weighted by Crippen LogP contribution is -2.49. The molecule has 0 saturated carbocycles. The zero-order valence-corrected chi connectivity index (χ0v) is 19.5.